The molecule has 0 radical (unpaired) electrons. The fraction of sp³-hybridized carbons (Fsp3) is 0.280. The van der Waals surface area contributed by atoms with Crippen LogP contribution in [0.5, 0.6) is 0 Å². The smallest absolute Gasteiger partial charge is 0.290 e. The van der Waals surface area contributed by atoms with E-state index in [0.29, 0.717) is 25.2 Å². The summed E-state index contributed by atoms with van der Waals surface area (Å²) < 4.78 is 11.8. The SMILES string of the molecule is CCc1ccc(C2C(C(=O)c3cc4cc(Br)ccc4o3)=C(O)C(=O)N2CCCOC)cc1. The van der Waals surface area contributed by atoms with E-state index < -0.39 is 23.5 Å². The minimum atomic E-state index is -0.697. The maximum atomic E-state index is 13.5. The Hall–Kier alpha value is -2.90. The molecule has 1 unspecified atom stereocenters. The molecule has 0 bridgehead atoms. The summed E-state index contributed by atoms with van der Waals surface area (Å²) in [5.74, 6) is -1.50. The maximum absolute atomic E-state index is 13.5. The first-order chi connectivity index (χ1) is 15.4. The van der Waals surface area contributed by atoms with Gasteiger partial charge in [-0.1, -0.05) is 47.1 Å². The molecule has 7 heteroatoms. The number of methoxy groups -OCH3 is 1. The number of aliphatic hydroxyl groups is 1. The molecule has 0 spiro atoms. The lowest BCUT2D eigenvalue weighted by molar-refractivity contribution is -0.129. The summed E-state index contributed by atoms with van der Waals surface area (Å²) >= 11 is 3.41. The van der Waals surface area contributed by atoms with Crippen LogP contribution in [0.2, 0.25) is 0 Å². The summed E-state index contributed by atoms with van der Waals surface area (Å²) in [5, 5.41) is 11.5. The molecule has 1 aromatic heterocycles. The highest BCUT2D eigenvalue weighted by molar-refractivity contribution is 9.10. The second-order valence-corrected chi connectivity index (χ2v) is 8.64. The van der Waals surface area contributed by atoms with Crippen LogP contribution in [-0.4, -0.2) is 42.0 Å². The van der Waals surface area contributed by atoms with Gasteiger partial charge in [0.05, 0.1) is 11.6 Å². The first-order valence-electron chi connectivity index (χ1n) is 10.5. The number of carbonyl (C=O) groups is 2. The van der Waals surface area contributed by atoms with Crippen LogP contribution in [0.1, 0.15) is 41.1 Å². The van der Waals surface area contributed by atoms with E-state index in [9.17, 15) is 14.7 Å². The van der Waals surface area contributed by atoms with Gasteiger partial charge in [0.1, 0.15) is 5.58 Å². The third-order valence-electron chi connectivity index (χ3n) is 5.70. The number of rotatable bonds is 8. The van der Waals surface area contributed by atoms with Gasteiger partial charge >= 0.3 is 0 Å². The Morgan fingerprint density at radius 3 is 2.62 bits per heavy atom. The first kappa shape index (κ1) is 22.3. The van der Waals surface area contributed by atoms with E-state index in [1.54, 1.807) is 19.2 Å². The number of ether oxygens (including phenoxy) is 1. The molecule has 0 saturated heterocycles. The van der Waals surface area contributed by atoms with E-state index in [4.69, 9.17) is 9.15 Å². The quantitative estimate of drug-likeness (QED) is 0.334. The van der Waals surface area contributed by atoms with Gasteiger partial charge in [0.2, 0.25) is 5.78 Å². The molecular formula is C25H24BrNO5. The fourth-order valence-electron chi connectivity index (χ4n) is 4.04. The lowest BCUT2D eigenvalue weighted by atomic mass is 9.94. The van der Waals surface area contributed by atoms with Crippen molar-refractivity contribution in [1.29, 1.82) is 0 Å². The molecule has 1 atom stereocenters. The minimum absolute atomic E-state index is 0.0368. The summed E-state index contributed by atoms with van der Waals surface area (Å²) in [4.78, 5) is 28.0. The average Bonchev–Trinajstić information content (AvgIpc) is 3.33. The fourth-order valence-corrected chi connectivity index (χ4v) is 4.42. The van der Waals surface area contributed by atoms with Crippen LogP contribution in [0, 0.1) is 0 Å². The van der Waals surface area contributed by atoms with Crippen molar-refractivity contribution in [3.8, 4) is 0 Å². The highest BCUT2D eigenvalue weighted by Gasteiger charge is 2.44. The predicted octanol–water partition coefficient (Wildman–Crippen LogP) is 5.37. The van der Waals surface area contributed by atoms with Crippen molar-refractivity contribution >= 4 is 38.6 Å². The van der Waals surface area contributed by atoms with Crippen molar-refractivity contribution < 1.29 is 23.8 Å². The molecule has 1 aliphatic heterocycles. The number of amides is 1. The molecule has 1 aliphatic rings. The van der Waals surface area contributed by atoms with Gasteiger partial charge in [0, 0.05) is 30.1 Å². The number of aliphatic hydroxyl groups excluding tert-OH is 1. The number of carbonyl (C=O) groups excluding carboxylic acids is 2. The van der Waals surface area contributed by atoms with Crippen molar-refractivity contribution in [2.24, 2.45) is 0 Å². The van der Waals surface area contributed by atoms with Crippen molar-refractivity contribution in [3.63, 3.8) is 0 Å². The molecule has 2 heterocycles. The Balaban J connectivity index is 1.76. The number of hydrogen-bond acceptors (Lipinski definition) is 5. The van der Waals surface area contributed by atoms with Gasteiger partial charge in [-0.3, -0.25) is 9.59 Å². The molecule has 3 aromatic rings. The maximum Gasteiger partial charge on any atom is 0.290 e. The predicted molar refractivity (Wildman–Crippen MR) is 125 cm³/mol. The van der Waals surface area contributed by atoms with Crippen LogP contribution in [0.4, 0.5) is 0 Å². The number of ketones is 1. The van der Waals surface area contributed by atoms with Gasteiger partial charge in [-0.2, -0.15) is 0 Å². The number of nitrogens with zero attached hydrogens (tertiary/aromatic N) is 1. The Labute approximate surface area is 194 Å². The molecule has 1 N–H and O–H groups in total. The van der Waals surface area contributed by atoms with Crippen LogP contribution in [0.15, 0.2) is 68.8 Å². The molecule has 1 amide bonds. The minimum Gasteiger partial charge on any atom is -0.503 e. The highest BCUT2D eigenvalue weighted by Crippen LogP contribution is 2.40. The number of halogens is 1. The molecule has 32 heavy (non-hydrogen) atoms. The Morgan fingerprint density at radius 1 is 1.19 bits per heavy atom. The lowest BCUT2D eigenvalue weighted by Crippen LogP contribution is -2.32. The van der Waals surface area contributed by atoms with Gasteiger partial charge in [-0.05, 0) is 48.2 Å². The normalized spacial score (nSPS) is 16.4. The molecule has 0 aliphatic carbocycles. The van der Waals surface area contributed by atoms with Gasteiger partial charge in [0.15, 0.2) is 11.5 Å². The number of aryl methyl sites for hydroxylation is 1. The van der Waals surface area contributed by atoms with Crippen LogP contribution in [-0.2, 0) is 16.0 Å². The summed E-state index contributed by atoms with van der Waals surface area (Å²) in [6.07, 6.45) is 1.46. The average molecular weight is 498 g/mol. The summed E-state index contributed by atoms with van der Waals surface area (Å²) in [5.41, 5.74) is 2.50. The largest absolute Gasteiger partial charge is 0.503 e. The van der Waals surface area contributed by atoms with Crippen LogP contribution >= 0.6 is 15.9 Å². The monoisotopic (exact) mass is 497 g/mol. The van der Waals surface area contributed by atoms with Crippen LogP contribution in [0.25, 0.3) is 11.0 Å². The van der Waals surface area contributed by atoms with E-state index >= 15 is 0 Å². The molecule has 6 nitrogen and oxygen atoms in total. The number of Topliss-reactive ketones (excluding diaryl/α,β-unsaturated/α-hetero) is 1. The third-order valence-corrected chi connectivity index (χ3v) is 6.19. The molecule has 2 aromatic carbocycles. The zero-order valence-electron chi connectivity index (χ0n) is 17.9. The van der Waals surface area contributed by atoms with Crippen LogP contribution < -0.4 is 0 Å². The van der Waals surface area contributed by atoms with Crippen molar-refractivity contribution in [1.82, 2.24) is 4.90 Å². The first-order valence-corrected chi connectivity index (χ1v) is 11.3. The highest BCUT2D eigenvalue weighted by atomic mass is 79.9. The van der Waals surface area contributed by atoms with Crippen LogP contribution in [0.3, 0.4) is 0 Å². The second-order valence-electron chi connectivity index (χ2n) is 7.73. The van der Waals surface area contributed by atoms with Gasteiger partial charge < -0.3 is 19.2 Å². The molecule has 0 saturated carbocycles. The van der Waals surface area contributed by atoms with E-state index in [0.717, 1.165) is 27.4 Å². The van der Waals surface area contributed by atoms with E-state index in [-0.39, 0.29) is 11.3 Å². The zero-order chi connectivity index (χ0) is 22.8. The number of benzene rings is 2. The number of hydrogen-bond donors (Lipinski definition) is 1. The van der Waals surface area contributed by atoms with Gasteiger partial charge in [0.25, 0.3) is 5.91 Å². The second kappa shape index (κ2) is 9.30. The van der Waals surface area contributed by atoms with Crippen molar-refractivity contribution in [2.45, 2.75) is 25.8 Å². The van der Waals surface area contributed by atoms with E-state index in [1.807, 2.05) is 36.4 Å². The number of fused-ring (bicyclic) bond motifs is 1. The Bertz CT molecular complexity index is 1190. The van der Waals surface area contributed by atoms with Gasteiger partial charge in [-0.25, -0.2) is 0 Å². The standard InChI is InChI=1S/C25H24BrNO5/c1-3-15-5-7-16(8-6-15)22-21(24(29)25(30)27(22)11-4-12-31-2)23(28)20-14-17-13-18(26)9-10-19(17)32-20/h5-10,13-14,22,29H,3-4,11-12H2,1-2H3. The van der Waals surface area contributed by atoms with E-state index in [1.165, 1.54) is 4.90 Å². The van der Waals surface area contributed by atoms with Crippen molar-refractivity contribution in [2.75, 3.05) is 20.3 Å². The number of furan rings is 1. The molecule has 166 valence electrons. The summed E-state index contributed by atoms with van der Waals surface area (Å²) in [6, 6.07) is 14.1. The topological polar surface area (TPSA) is 80.0 Å². The molecule has 4 rings (SSSR count). The summed E-state index contributed by atoms with van der Waals surface area (Å²) in [6.45, 7) is 2.88. The summed E-state index contributed by atoms with van der Waals surface area (Å²) in [7, 11) is 1.59. The van der Waals surface area contributed by atoms with Gasteiger partial charge in [-0.15, -0.1) is 0 Å². The van der Waals surface area contributed by atoms with Crippen molar-refractivity contribution in [3.05, 3.63) is 81.2 Å². The Kier molecular flexibility index (Phi) is 6.48. The molecule has 0 fully saturated rings. The zero-order valence-corrected chi connectivity index (χ0v) is 19.5. The lowest BCUT2D eigenvalue weighted by Gasteiger charge is -2.26. The molecular weight excluding hydrogens is 474 g/mol. The van der Waals surface area contributed by atoms with E-state index in [2.05, 4.69) is 22.9 Å². The Morgan fingerprint density at radius 2 is 1.94 bits per heavy atom. The third kappa shape index (κ3) is 4.10.